The molecule has 1 saturated heterocycles. The number of hydrogen-bond donors (Lipinski definition) is 2. The molecule has 0 bridgehead atoms. The van der Waals surface area contributed by atoms with Gasteiger partial charge < -0.3 is 20.3 Å². The van der Waals surface area contributed by atoms with Crippen LogP contribution in [0.1, 0.15) is 19.8 Å². The van der Waals surface area contributed by atoms with Crippen LogP contribution < -0.4 is 15.4 Å². The summed E-state index contributed by atoms with van der Waals surface area (Å²) in [6.07, 6.45) is -3.02. The monoisotopic (exact) mass is 442 g/mol. The van der Waals surface area contributed by atoms with Crippen LogP contribution in [0.5, 0.6) is 5.75 Å². The van der Waals surface area contributed by atoms with Crippen LogP contribution in [0.4, 0.5) is 18.9 Å². The molecule has 1 atom stereocenters. The van der Waals surface area contributed by atoms with E-state index in [0.717, 1.165) is 25.0 Å². The van der Waals surface area contributed by atoms with Crippen molar-refractivity contribution in [2.24, 2.45) is 5.92 Å². The van der Waals surface area contributed by atoms with Crippen molar-refractivity contribution in [3.05, 3.63) is 24.3 Å². The van der Waals surface area contributed by atoms with Crippen molar-refractivity contribution in [3.63, 3.8) is 0 Å². The molecule has 3 amide bonds. The molecule has 2 aliphatic rings. The molecule has 1 aromatic rings. The highest BCUT2D eigenvalue weighted by molar-refractivity contribution is 5.92. The van der Waals surface area contributed by atoms with Gasteiger partial charge in [0.25, 0.3) is 0 Å². The second-order valence-electron chi connectivity index (χ2n) is 7.73. The molecule has 170 valence electrons. The minimum atomic E-state index is -4.77. The Morgan fingerprint density at radius 3 is 2.26 bits per heavy atom. The Balaban J connectivity index is 1.39. The van der Waals surface area contributed by atoms with E-state index in [2.05, 4.69) is 15.4 Å². The number of hydrogen-bond acceptors (Lipinski definition) is 5. The fraction of sp³-hybridized carbons (Fsp3) is 0.550. The number of alkyl halides is 3. The Morgan fingerprint density at radius 1 is 1.10 bits per heavy atom. The van der Waals surface area contributed by atoms with Gasteiger partial charge in [0, 0.05) is 37.8 Å². The van der Waals surface area contributed by atoms with Crippen molar-refractivity contribution >= 4 is 23.4 Å². The molecular formula is C20H25F3N4O4. The number of amides is 3. The van der Waals surface area contributed by atoms with Crippen molar-refractivity contribution in [2.75, 3.05) is 38.0 Å². The molecule has 1 aliphatic carbocycles. The summed E-state index contributed by atoms with van der Waals surface area (Å²) < 4.78 is 40.3. The van der Waals surface area contributed by atoms with E-state index in [1.54, 1.807) is 11.8 Å². The minimum Gasteiger partial charge on any atom is -0.406 e. The molecule has 1 aromatic carbocycles. The fourth-order valence-electron chi connectivity index (χ4n) is 3.28. The first kappa shape index (κ1) is 22.9. The topological polar surface area (TPSA) is 91.0 Å². The third-order valence-electron chi connectivity index (χ3n) is 5.10. The van der Waals surface area contributed by atoms with Crippen molar-refractivity contribution in [3.8, 4) is 5.75 Å². The number of benzene rings is 1. The maximum Gasteiger partial charge on any atom is 0.573 e. The average Bonchev–Trinajstić information content (AvgIpc) is 3.54. The van der Waals surface area contributed by atoms with Crippen LogP contribution in [0.15, 0.2) is 24.3 Å². The van der Waals surface area contributed by atoms with Crippen LogP contribution in [0.2, 0.25) is 0 Å². The van der Waals surface area contributed by atoms with Gasteiger partial charge in [-0.05, 0) is 44.0 Å². The maximum atomic E-state index is 12.5. The van der Waals surface area contributed by atoms with Crippen molar-refractivity contribution in [2.45, 2.75) is 32.2 Å². The first-order chi connectivity index (χ1) is 14.6. The number of carbonyl (C=O) groups is 3. The van der Waals surface area contributed by atoms with Crippen LogP contribution in [0.3, 0.4) is 0 Å². The summed E-state index contributed by atoms with van der Waals surface area (Å²) in [5.41, 5.74) is 0.355. The summed E-state index contributed by atoms with van der Waals surface area (Å²) in [5, 5.41) is 5.37. The highest BCUT2D eigenvalue weighted by Crippen LogP contribution is 2.29. The predicted molar refractivity (Wildman–Crippen MR) is 105 cm³/mol. The van der Waals surface area contributed by atoms with E-state index in [-0.39, 0.29) is 35.9 Å². The quantitative estimate of drug-likeness (QED) is 0.669. The number of ether oxygens (including phenoxy) is 1. The molecule has 11 heteroatoms. The van der Waals surface area contributed by atoms with E-state index in [0.29, 0.717) is 31.9 Å². The maximum absolute atomic E-state index is 12.5. The zero-order valence-corrected chi connectivity index (χ0v) is 17.1. The van der Waals surface area contributed by atoms with Crippen molar-refractivity contribution in [1.29, 1.82) is 0 Å². The van der Waals surface area contributed by atoms with Crippen LogP contribution in [0, 0.1) is 5.92 Å². The lowest BCUT2D eigenvalue weighted by molar-refractivity contribution is -0.274. The van der Waals surface area contributed by atoms with Gasteiger partial charge >= 0.3 is 6.36 Å². The Bertz CT molecular complexity index is 804. The number of carbonyl (C=O) groups excluding carboxylic acids is 3. The third-order valence-corrected chi connectivity index (χ3v) is 5.10. The molecule has 0 unspecified atom stereocenters. The SMILES string of the molecule is C[C@H](NC(=O)C1CC1)C(=O)N1CCN(CC(=O)Nc2ccc(OC(F)(F)F)cc2)CC1. The normalized spacial score (nSPS) is 18.3. The summed E-state index contributed by atoms with van der Waals surface area (Å²) in [6, 6.07) is 4.32. The third kappa shape index (κ3) is 7.12. The number of halogens is 3. The zero-order chi connectivity index (χ0) is 22.6. The van der Waals surface area contributed by atoms with E-state index < -0.39 is 12.4 Å². The molecular weight excluding hydrogens is 417 g/mol. The number of nitrogens with zero attached hydrogens (tertiary/aromatic N) is 2. The molecule has 8 nitrogen and oxygen atoms in total. The summed E-state index contributed by atoms with van der Waals surface area (Å²) in [4.78, 5) is 40.1. The second-order valence-corrected chi connectivity index (χ2v) is 7.73. The van der Waals surface area contributed by atoms with Gasteiger partial charge in [0.15, 0.2) is 0 Å². The first-order valence-electron chi connectivity index (χ1n) is 10.1. The van der Waals surface area contributed by atoms with Gasteiger partial charge in [-0.25, -0.2) is 0 Å². The number of rotatable bonds is 7. The zero-order valence-electron chi connectivity index (χ0n) is 17.1. The van der Waals surface area contributed by atoms with Gasteiger partial charge in [0.2, 0.25) is 17.7 Å². The van der Waals surface area contributed by atoms with Crippen LogP contribution in [-0.2, 0) is 14.4 Å². The Kier molecular flexibility index (Phi) is 7.04. The summed E-state index contributed by atoms with van der Waals surface area (Å²) in [6.45, 7) is 3.66. The lowest BCUT2D eigenvalue weighted by Crippen LogP contribution is -2.55. The van der Waals surface area contributed by atoms with E-state index >= 15 is 0 Å². The van der Waals surface area contributed by atoms with Gasteiger partial charge in [0.1, 0.15) is 11.8 Å². The van der Waals surface area contributed by atoms with Gasteiger partial charge in [-0.2, -0.15) is 0 Å². The second kappa shape index (κ2) is 9.54. The van der Waals surface area contributed by atoms with E-state index in [9.17, 15) is 27.6 Å². The molecule has 2 N–H and O–H groups in total. The highest BCUT2D eigenvalue weighted by Gasteiger charge is 2.33. The van der Waals surface area contributed by atoms with Gasteiger partial charge in [-0.3, -0.25) is 19.3 Å². The molecule has 2 fully saturated rings. The minimum absolute atomic E-state index is 0.0407. The summed E-state index contributed by atoms with van der Waals surface area (Å²) in [5.74, 6) is -0.851. The van der Waals surface area contributed by atoms with Crippen LogP contribution >= 0.6 is 0 Å². The fourth-order valence-corrected chi connectivity index (χ4v) is 3.28. The van der Waals surface area contributed by atoms with E-state index in [4.69, 9.17) is 0 Å². The van der Waals surface area contributed by atoms with E-state index in [1.165, 1.54) is 12.1 Å². The molecule has 0 spiro atoms. The molecule has 1 saturated carbocycles. The summed E-state index contributed by atoms with van der Waals surface area (Å²) >= 11 is 0. The molecule has 31 heavy (non-hydrogen) atoms. The number of nitrogens with one attached hydrogen (secondary N) is 2. The van der Waals surface area contributed by atoms with Gasteiger partial charge in [-0.1, -0.05) is 0 Å². The smallest absolute Gasteiger partial charge is 0.406 e. The number of anilines is 1. The Labute approximate surface area is 177 Å². The van der Waals surface area contributed by atoms with Gasteiger partial charge in [0.05, 0.1) is 6.54 Å². The lowest BCUT2D eigenvalue weighted by Gasteiger charge is -2.35. The van der Waals surface area contributed by atoms with Crippen LogP contribution in [-0.4, -0.2) is 72.6 Å². The Hall–Kier alpha value is -2.82. The van der Waals surface area contributed by atoms with E-state index in [1.807, 2.05) is 4.90 Å². The molecule has 0 radical (unpaired) electrons. The molecule has 1 heterocycles. The van der Waals surface area contributed by atoms with Gasteiger partial charge in [-0.15, -0.1) is 13.2 Å². The summed E-state index contributed by atoms with van der Waals surface area (Å²) in [7, 11) is 0. The molecule has 0 aromatic heterocycles. The molecule has 1 aliphatic heterocycles. The Morgan fingerprint density at radius 2 is 1.71 bits per heavy atom. The standard InChI is InChI=1S/C20H25F3N4O4/c1-13(24-18(29)14-2-3-14)19(30)27-10-8-26(9-11-27)12-17(28)25-15-4-6-16(7-5-15)31-20(21,22)23/h4-7,13-14H,2-3,8-12H2,1H3,(H,24,29)(H,25,28)/t13-/m0/s1. The van der Waals surface area contributed by atoms with Crippen molar-refractivity contribution in [1.82, 2.24) is 15.1 Å². The van der Waals surface area contributed by atoms with Crippen molar-refractivity contribution < 1.29 is 32.3 Å². The average molecular weight is 442 g/mol. The highest BCUT2D eigenvalue weighted by atomic mass is 19.4. The largest absolute Gasteiger partial charge is 0.573 e. The lowest BCUT2D eigenvalue weighted by atomic mass is 10.2. The first-order valence-corrected chi connectivity index (χ1v) is 10.1. The predicted octanol–water partition coefficient (Wildman–Crippen LogP) is 1.58. The number of piperazine rings is 1. The molecule has 3 rings (SSSR count). The van der Waals surface area contributed by atoms with Crippen LogP contribution in [0.25, 0.3) is 0 Å².